The van der Waals surface area contributed by atoms with E-state index in [0.29, 0.717) is 0 Å². The van der Waals surface area contributed by atoms with E-state index in [9.17, 15) is 13.6 Å². The molecule has 0 spiro atoms. The van der Waals surface area contributed by atoms with Crippen LogP contribution in [0, 0.1) is 11.6 Å². The standard InChI is InChI=1S/C11H10F2N4O2/c12-8-2-1-7(5-9(8)13)10(19-11(14)18)6-17-15-3-4-16-17/h1-5,10H,6H2,(H2,14,18). The third kappa shape index (κ3) is 3.24. The number of hydrogen-bond acceptors (Lipinski definition) is 4. The quantitative estimate of drug-likeness (QED) is 0.908. The van der Waals surface area contributed by atoms with E-state index in [2.05, 4.69) is 10.2 Å². The van der Waals surface area contributed by atoms with Crippen LogP contribution >= 0.6 is 0 Å². The minimum atomic E-state index is -1.04. The smallest absolute Gasteiger partial charge is 0.405 e. The Bertz CT molecular complexity index is 574. The molecule has 1 aromatic heterocycles. The van der Waals surface area contributed by atoms with Crippen LogP contribution in [0.5, 0.6) is 0 Å². The second-order valence-electron chi connectivity index (χ2n) is 3.68. The normalized spacial score (nSPS) is 12.1. The molecule has 1 unspecified atom stereocenters. The van der Waals surface area contributed by atoms with Gasteiger partial charge in [0, 0.05) is 0 Å². The lowest BCUT2D eigenvalue weighted by atomic mass is 10.1. The number of aromatic nitrogens is 3. The van der Waals surface area contributed by atoms with E-state index in [1.807, 2.05) is 0 Å². The van der Waals surface area contributed by atoms with Gasteiger partial charge in [0.2, 0.25) is 0 Å². The Morgan fingerprint density at radius 1 is 1.32 bits per heavy atom. The molecule has 1 aromatic carbocycles. The maximum atomic E-state index is 13.2. The molecule has 1 heterocycles. The van der Waals surface area contributed by atoms with Gasteiger partial charge >= 0.3 is 6.09 Å². The summed E-state index contributed by atoms with van der Waals surface area (Å²) < 4.78 is 30.9. The van der Waals surface area contributed by atoms with E-state index >= 15 is 0 Å². The zero-order valence-electron chi connectivity index (χ0n) is 9.66. The van der Waals surface area contributed by atoms with Gasteiger partial charge in [-0.05, 0) is 17.7 Å². The Morgan fingerprint density at radius 2 is 2.00 bits per heavy atom. The molecule has 0 radical (unpaired) electrons. The first-order valence-corrected chi connectivity index (χ1v) is 5.31. The van der Waals surface area contributed by atoms with E-state index in [1.54, 1.807) is 0 Å². The highest BCUT2D eigenvalue weighted by Gasteiger charge is 2.18. The molecule has 100 valence electrons. The van der Waals surface area contributed by atoms with Crippen LogP contribution in [0.15, 0.2) is 30.6 Å². The topological polar surface area (TPSA) is 83.0 Å². The van der Waals surface area contributed by atoms with Crippen LogP contribution in [0.25, 0.3) is 0 Å². The average Bonchev–Trinajstić information content (AvgIpc) is 2.84. The van der Waals surface area contributed by atoms with Gasteiger partial charge < -0.3 is 10.5 Å². The predicted molar refractivity (Wildman–Crippen MR) is 59.8 cm³/mol. The largest absolute Gasteiger partial charge is 0.439 e. The number of halogens is 2. The van der Waals surface area contributed by atoms with Crippen molar-refractivity contribution in [3.63, 3.8) is 0 Å². The molecular formula is C11H10F2N4O2. The molecule has 2 N–H and O–H groups in total. The molecule has 8 heteroatoms. The minimum absolute atomic E-state index is 0.0427. The molecule has 6 nitrogen and oxygen atoms in total. The van der Waals surface area contributed by atoms with Gasteiger partial charge in [-0.3, -0.25) is 0 Å². The highest BCUT2D eigenvalue weighted by Crippen LogP contribution is 2.21. The van der Waals surface area contributed by atoms with Crippen LogP contribution in [0.1, 0.15) is 11.7 Å². The van der Waals surface area contributed by atoms with Crippen molar-refractivity contribution >= 4 is 6.09 Å². The molecule has 0 aliphatic rings. The third-order valence-electron chi connectivity index (χ3n) is 2.37. The zero-order valence-corrected chi connectivity index (χ0v) is 9.66. The average molecular weight is 268 g/mol. The Hall–Kier alpha value is -2.51. The summed E-state index contributed by atoms with van der Waals surface area (Å²) in [5, 5.41) is 7.67. The number of amides is 1. The molecular weight excluding hydrogens is 258 g/mol. The van der Waals surface area contributed by atoms with Gasteiger partial charge in [0.25, 0.3) is 0 Å². The maximum absolute atomic E-state index is 13.2. The van der Waals surface area contributed by atoms with Crippen molar-refractivity contribution < 1.29 is 18.3 Å². The molecule has 0 saturated heterocycles. The fourth-order valence-electron chi connectivity index (χ4n) is 1.55. The van der Waals surface area contributed by atoms with Gasteiger partial charge in [-0.1, -0.05) is 6.07 Å². The number of carbonyl (C=O) groups is 1. The summed E-state index contributed by atoms with van der Waals surface area (Å²) in [6, 6.07) is 3.18. The van der Waals surface area contributed by atoms with Crippen molar-refractivity contribution in [3.8, 4) is 0 Å². The van der Waals surface area contributed by atoms with E-state index < -0.39 is 23.8 Å². The van der Waals surface area contributed by atoms with E-state index in [0.717, 1.165) is 12.1 Å². The van der Waals surface area contributed by atoms with Crippen LogP contribution < -0.4 is 5.73 Å². The number of benzene rings is 1. The van der Waals surface area contributed by atoms with Crippen molar-refractivity contribution in [2.75, 3.05) is 0 Å². The van der Waals surface area contributed by atoms with Gasteiger partial charge in [-0.15, -0.1) is 0 Å². The highest BCUT2D eigenvalue weighted by atomic mass is 19.2. The molecule has 0 aliphatic heterocycles. The predicted octanol–water partition coefficient (Wildman–Crippen LogP) is 1.39. The summed E-state index contributed by atoms with van der Waals surface area (Å²) in [6.45, 7) is 0.0427. The van der Waals surface area contributed by atoms with Crippen LogP contribution in [0.4, 0.5) is 13.6 Å². The van der Waals surface area contributed by atoms with Crippen molar-refractivity contribution in [2.45, 2.75) is 12.6 Å². The van der Waals surface area contributed by atoms with E-state index in [-0.39, 0.29) is 12.1 Å². The molecule has 19 heavy (non-hydrogen) atoms. The number of nitrogens with two attached hydrogens (primary N) is 1. The lowest BCUT2D eigenvalue weighted by molar-refractivity contribution is 0.0901. The summed E-state index contributed by atoms with van der Waals surface area (Å²) >= 11 is 0. The number of rotatable bonds is 4. The number of nitrogens with zero attached hydrogens (tertiary/aromatic N) is 3. The van der Waals surface area contributed by atoms with Crippen molar-refractivity contribution in [1.82, 2.24) is 15.0 Å². The van der Waals surface area contributed by atoms with Gasteiger partial charge in [0.15, 0.2) is 17.7 Å². The van der Waals surface area contributed by atoms with Crippen molar-refractivity contribution in [2.24, 2.45) is 5.73 Å². The Labute approximate surface area is 106 Å². The zero-order chi connectivity index (χ0) is 13.8. The third-order valence-corrected chi connectivity index (χ3v) is 2.37. The van der Waals surface area contributed by atoms with Gasteiger partial charge in [-0.25, -0.2) is 13.6 Å². The van der Waals surface area contributed by atoms with Gasteiger partial charge in [0.05, 0.1) is 12.4 Å². The molecule has 2 aromatic rings. The Kier molecular flexibility index (Phi) is 3.69. The lowest BCUT2D eigenvalue weighted by Crippen LogP contribution is -2.22. The first-order valence-electron chi connectivity index (χ1n) is 5.31. The molecule has 0 aliphatic carbocycles. The SMILES string of the molecule is NC(=O)OC(Cn1nccn1)c1ccc(F)c(F)c1. The van der Waals surface area contributed by atoms with Crippen molar-refractivity contribution in [3.05, 3.63) is 47.8 Å². The Balaban J connectivity index is 2.25. The summed E-state index contributed by atoms with van der Waals surface area (Å²) in [6.07, 6.45) is 0.945. The summed E-state index contributed by atoms with van der Waals surface area (Å²) in [5.41, 5.74) is 5.21. The number of carbonyl (C=O) groups excluding carboxylic acids is 1. The maximum Gasteiger partial charge on any atom is 0.405 e. The fourth-order valence-corrected chi connectivity index (χ4v) is 1.55. The van der Waals surface area contributed by atoms with Crippen LogP contribution in [0.2, 0.25) is 0 Å². The monoisotopic (exact) mass is 268 g/mol. The van der Waals surface area contributed by atoms with E-state index in [4.69, 9.17) is 10.5 Å². The van der Waals surface area contributed by atoms with Crippen LogP contribution in [-0.4, -0.2) is 21.1 Å². The summed E-state index contributed by atoms with van der Waals surface area (Å²) in [5.74, 6) is -2.03. The lowest BCUT2D eigenvalue weighted by Gasteiger charge is -2.16. The molecule has 1 atom stereocenters. The molecule has 0 fully saturated rings. The fraction of sp³-hybridized carbons (Fsp3) is 0.182. The molecule has 0 bridgehead atoms. The molecule has 2 rings (SSSR count). The van der Waals surface area contributed by atoms with Crippen LogP contribution in [0.3, 0.4) is 0 Å². The summed E-state index contributed by atoms with van der Waals surface area (Å²) in [4.78, 5) is 12.1. The second kappa shape index (κ2) is 5.42. The van der Waals surface area contributed by atoms with Gasteiger partial charge in [-0.2, -0.15) is 15.0 Å². The number of primary amides is 1. The second-order valence-corrected chi connectivity index (χ2v) is 3.68. The molecule has 1 amide bonds. The summed E-state index contributed by atoms with van der Waals surface area (Å²) in [7, 11) is 0. The molecule has 0 saturated carbocycles. The van der Waals surface area contributed by atoms with Crippen LogP contribution in [-0.2, 0) is 11.3 Å². The number of ether oxygens (including phenoxy) is 1. The number of hydrogen-bond donors (Lipinski definition) is 1. The van der Waals surface area contributed by atoms with Gasteiger partial charge in [0.1, 0.15) is 6.54 Å². The first kappa shape index (κ1) is 12.9. The van der Waals surface area contributed by atoms with Crippen molar-refractivity contribution in [1.29, 1.82) is 0 Å². The highest BCUT2D eigenvalue weighted by molar-refractivity contribution is 5.65. The first-order chi connectivity index (χ1) is 9.06. The minimum Gasteiger partial charge on any atom is -0.439 e. The Morgan fingerprint density at radius 3 is 2.58 bits per heavy atom. The van der Waals surface area contributed by atoms with E-state index in [1.165, 1.54) is 23.3 Å².